The lowest BCUT2D eigenvalue weighted by atomic mass is 10.3. The van der Waals surface area contributed by atoms with Gasteiger partial charge in [0.2, 0.25) is 0 Å². The van der Waals surface area contributed by atoms with Crippen LogP contribution in [0.15, 0.2) is 12.4 Å². The monoisotopic (exact) mass is 144 g/mol. The number of aromatic nitrogens is 2. The fourth-order valence-corrected chi connectivity index (χ4v) is 0.822. The van der Waals surface area contributed by atoms with E-state index in [2.05, 4.69) is 9.97 Å². The van der Waals surface area contributed by atoms with Gasteiger partial charge in [0, 0.05) is 24.2 Å². The first-order chi connectivity index (χ1) is 4.29. The number of halogens is 1. The van der Waals surface area contributed by atoms with Crippen molar-refractivity contribution in [2.45, 2.75) is 18.7 Å². The van der Waals surface area contributed by atoms with Crippen molar-refractivity contribution < 1.29 is 0 Å². The van der Waals surface area contributed by atoms with E-state index in [1.54, 1.807) is 12.4 Å². The molecular weight excluding hydrogens is 136 g/mol. The molecule has 1 aromatic heterocycles. The van der Waals surface area contributed by atoms with Gasteiger partial charge in [-0.2, -0.15) is 0 Å². The number of H-pyrrole nitrogens is 1. The first kappa shape index (κ1) is 6.62. The standard InChI is InChI=1S/C6H9ClN2/c1-5(7)4-6-8-2-3-9-6/h2-3,5H,4H2,1H3,(H,8,9). The minimum Gasteiger partial charge on any atom is -0.349 e. The molecule has 3 heteroatoms. The summed E-state index contributed by atoms with van der Waals surface area (Å²) in [6.07, 6.45) is 4.34. The van der Waals surface area contributed by atoms with E-state index < -0.39 is 0 Å². The summed E-state index contributed by atoms with van der Waals surface area (Å²) in [7, 11) is 0. The average Bonchev–Trinajstić information content (AvgIpc) is 2.15. The Labute approximate surface area is 59.3 Å². The number of imidazole rings is 1. The molecule has 0 bridgehead atoms. The molecule has 1 rings (SSSR count). The number of hydrogen-bond donors (Lipinski definition) is 1. The van der Waals surface area contributed by atoms with Gasteiger partial charge in [-0.05, 0) is 6.92 Å². The minimum absolute atomic E-state index is 0.163. The summed E-state index contributed by atoms with van der Waals surface area (Å²) in [5.41, 5.74) is 0. The average molecular weight is 145 g/mol. The zero-order chi connectivity index (χ0) is 6.69. The van der Waals surface area contributed by atoms with Gasteiger partial charge >= 0.3 is 0 Å². The third-order valence-corrected chi connectivity index (χ3v) is 1.18. The van der Waals surface area contributed by atoms with Crippen molar-refractivity contribution in [1.29, 1.82) is 0 Å². The molecule has 0 radical (unpaired) electrons. The van der Waals surface area contributed by atoms with Crippen molar-refractivity contribution in [3.8, 4) is 0 Å². The predicted octanol–water partition coefficient (Wildman–Crippen LogP) is 1.58. The smallest absolute Gasteiger partial charge is 0.107 e. The predicted molar refractivity (Wildman–Crippen MR) is 37.6 cm³/mol. The normalized spacial score (nSPS) is 13.6. The van der Waals surface area contributed by atoms with Crippen LogP contribution < -0.4 is 0 Å². The van der Waals surface area contributed by atoms with Crippen molar-refractivity contribution >= 4 is 11.6 Å². The lowest BCUT2D eigenvalue weighted by Crippen LogP contribution is -1.98. The summed E-state index contributed by atoms with van der Waals surface area (Å²) in [6.45, 7) is 1.95. The molecule has 0 fully saturated rings. The van der Waals surface area contributed by atoms with Crippen LogP contribution in [0.2, 0.25) is 0 Å². The molecule has 0 amide bonds. The van der Waals surface area contributed by atoms with Gasteiger partial charge in [-0.25, -0.2) is 4.98 Å². The van der Waals surface area contributed by atoms with Gasteiger partial charge in [-0.15, -0.1) is 11.6 Å². The Morgan fingerprint density at radius 3 is 3.11 bits per heavy atom. The maximum absolute atomic E-state index is 5.71. The van der Waals surface area contributed by atoms with Gasteiger partial charge in [-0.1, -0.05) is 0 Å². The van der Waals surface area contributed by atoms with Crippen LogP contribution in [0, 0.1) is 0 Å². The van der Waals surface area contributed by atoms with E-state index in [0.29, 0.717) is 0 Å². The molecule has 1 heterocycles. The van der Waals surface area contributed by atoms with E-state index in [4.69, 9.17) is 11.6 Å². The highest BCUT2D eigenvalue weighted by Crippen LogP contribution is 2.00. The van der Waals surface area contributed by atoms with Gasteiger partial charge in [0.05, 0.1) is 0 Å². The molecule has 2 nitrogen and oxygen atoms in total. The van der Waals surface area contributed by atoms with Gasteiger partial charge in [0.1, 0.15) is 5.82 Å². The molecule has 1 atom stereocenters. The molecule has 0 saturated heterocycles. The zero-order valence-corrected chi connectivity index (χ0v) is 6.02. The van der Waals surface area contributed by atoms with E-state index >= 15 is 0 Å². The van der Waals surface area contributed by atoms with Crippen molar-refractivity contribution in [3.05, 3.63) is 18.2 Å². The molecule has 0 aromatic carbocycles. The molecule has 0 aliphatic heterocycles. The first-order valence-electron chi connectivity index (χ1n) is 2.91. The van der Waals surface area contributed by atoms with Crippen LogP contribution in [0.25, 0.3) is 0 Å². The number of rotatable bonds is 2. The zero-order valence-electron chi connectivity index (χ0n) is 5.26. The fraction of sp³-hybridized carbons (Fsp3) is 0.500. The van der Waals surface area contributed by atoms with Crippen LogP contribution in [0.3, 0.4) is 0 Å². The molecule has 0 spiro atoms. The summed E-state index contributed by atoms with van der Waals surface area (Å²) >= 11 is 5.71. The van der Waals surface area contributed by atoms with Gasteiger partial charge in [0.15, 0.2) is 0 Å². The number of hydrogen-bond acceptors (Lipinski definition) is 1. The van der Waals surface area contributed by atoms with Crippen LogP contribution in [-0.4, -0.2) is 15.3 Å². The molecule has 0 aliphatic rings. The third-order valence-electron chi connectivity index (χ3n) is 1.03. The quantitative estimate of drug-likeness (QED) is 0.628. The van der Waals surface area contributed by atoms with E-state index in [1.165, 1.54) is 0 Å². The van der Waals surface area contributed by atoms with Crippen LogP contribution in [0.4, 0.5) is 0 Å². The summed E-state index contributed by atoms with van der Waals surface area (Å²) in [5.74, 6) is 0.956. The van der Waals surface area contributed by atoms with Crippen LogP contribution >= 0.6 is 11.6 Å². The number of alkyl halides is 1. The summed E-state index contributed by atoms with van der Waals surface area (Å²) in [5, 5.41) is 0.163. The van der Waals surface area contributed by atoms with Crippen LogP contribution in [0.5, 0.6) is 0 Å². The number of nitrogens with zero attached hydrogens (tertiary/aromatic N) is 1. The Kier molecular flexibility index (Phi) is 2.11. The Balaban J connectivity index is 2.48. The highest BCUT2D eigenvalue weighted by atomic mass is 35.5. The van der Waals surface area contributed by atoms with Gasteiger partial charge in [0.25, 0.3) is 0 Å². The van der Waals surface area contributed by atoms with E-state index in [-0.39, 0.29) is 5.38 Å². The maximum atomic E-state index is 5.71. The van der Waals surface area contributed by atoms with E-state index in [1.807, 2.05) is 6.92 Å². The highest BCUT2D eigenvalue weighted by Gasteiger charge is 1.98. The fourth-order valence-electron chi connectivity index (χ4n) is 0.676. The van der Waals surface area contributed by atoms with Crippen LogP contribution in [-0.2, 0) is 6.42 Å². The second-order valence-corrected chi connectivity index (χ2v) is 2.77. The van der Waals surface area contributed by atoms with Crippen molar-refractivity contribution in [3.63, 3.8) is 0 Å². The second-order valence-electron chi connectivity index (χ2n) is 2.02. The van der Waals surface area contributed by atoms with Crippen molar-refractivity contribution in [2.24, 2.45) is 0 Å². The number of aromatic amines is 1. The topological polar surface area (TPSA) is 28.7 Å². The lowest BCUT2D eigenvalue weighted by Gasteiger charge is -1.95. The van der Waals surface area contributed by atoms with Gasteiger partial charge < -0.3 is 4.98 Å². The Morgan fingerprint density at radius 2 is 2.67 bits per heavy atom. The summed E-state index contributed by atoms with van der Waals surface area (Å²) < 4.78 is 0. The molecule has 50 valence electrons. The van der Waals surface area contributed by atoms with Crippen molar-refractivity contribution in [2.75, 3.05) is 0 Å². The van der Waals surface area contributed by atoms with Gasteiger partial charge in [-0.3, -0.25) is 0 Å². The summed E-state index contributed by atoms with van der Waals surface area (Å²) in [6, 6.07) is 0. The molecule has 0 aliphatic carbocycles. The Hall–Kier alpha value is -0.500. The lowest BCUT2D eigenvalue weighted by molar-refractivity contribution is 0.864. The van der Waals surface area contributed by atoms with Crippen LogP contribution in [0.1, 0.15) is 12.7 Å². The van der Waals surface area contributed by atoms with Crippen molar-refractivity contribution in [1.82, 2.24) is 9.97 Å². The molecule has 0 saturated carbocycles. The maximum Gasteiger partial charge on any atom is 0.107 e. The molecule has 1 unspecified atom stereocenters. The second kappa shape index (κ2) is 2.87. The SMILES string of the molecule is CC(Cl)Cc1ncc[nH]1. The molecular formula is C6H9ClN2. The van der Waals surface area contributed by atoms with E-state index in [0.717, 1.165) is 12.2 Å². The minimum atomic E-state index is 0.163. The van der Waals surface area contributed by atoms with E-state index in [9.17, 15) is 0 Å². The molecule has 1 N–H and O–H groups in total. The molecule has 9 heavy (non-hydrogen) atoms. The molecule has 1 aromatic rings. The number of nitrogens with one attached hydrogen (secondary N) is 1. The first-order valence-corrected chi connectivity index (χ1v) is 3.35. The third kappa shape index (κ3) is 2.06. The Bertz CT molecular complexity index is 158. The highest BCUT2D eigenvalue weighted by molar-refractivity contribution is 6.20. The largest absolute Gasteiger partial charge is 0.349 e. The summed E-state index contributed by atoms with van der Waals surface area (Å²) in [4.78, 5) is 6.99. The Morgan fingerprint density at radius 1 is 1.89 bits per heavy atom.